The molecule has 0 spiro atoms. The largest absolute Gasteiger partial charge is 0.288 e. The number of benzene rings is 2. The molecule has 20 heavy (non-hydrogen) atoms. The van der Waals surface area contributed by atoms with Gasteiger partial charge in [-0.3, -0.25) is 4.79 Å². The van der Waals surface area contributed by atoms with Crippen molar-refractivity contribution < 1.29 is 4.79 Å². The first kappa shape index (κ1) is 13.3. The van der Waals surface area contributed by atoms with E-state index >= 15 is 0 Å². The summed E-state index contributed by atoms with van der Waals surface area (Å²) in [6, 6.07) is 16.7. The summed E-state index contributed by atoms with van der Waals surface area (Å²) in [7, 11) is 0. The fraction of sp³-hybridized carbons (Fsp3) is 0.167. The summed E-state index contributed by atoms with van der Waals surface area (Å²) in [5, 5.41) is 0. The van der Waals surface area contributed by atoms with Gasteiger partial charge in [0.05, 0.1) is 4.48 Å². The lowest BCUT2D eigenvalue weighted by Crippen LogP contribution is -2.09. The third-order valence-corrected chi connectivity index (χ3v) is 4.36. The Labute approximate surface area is 127 Å². The molecule has 0 fully saturated rings. The normalized spacial score (nSPS) is 13.8. The van der Waals surface area contributed by atoms with Crippen LogP contribution in [0, 0.1) is 0 Å². The number of rotatable bonds is 3. The highest BCUT2D eigenvalue weighted by molar-refractivity contribution is 9.12. The predicted octanol–water partition coefficient (Wildman–Crippen LogP) is 4.49. The molecule has 2 aromatic carbocycles. The Hall–Kier alpha value is -1.67. The van der Waals surface area contributed by atoms with Crippen molar-refractivity contribution in [1.29, 1.82) is 0 Å². The van der Waals surface area contributed by atoms with Crippen molar-refractivity contribution in [2.45, 2.75) is 19.3 Å². The molecular formula is C18H15BrO. The minimum atomic E-state index is 0.0980. The van der Waals surface area contributed by atoms with E-state index in [9.17, 15) is 4.79 Å². The zero-order valence-corrected chi connectivity index (χ0v) is 12.7. The van der Waals surface area contributed by atoms with Crippen LogP contribution in [0.1, 0.15) is 27.0 Å². The Morgan fingerprint density at radius 1 is 0.950 bits per heavy atom. The van der Waals surface area contributed by atoms with Gasteiger partial charge < -0.3 is 0 Å². The summed E-state index contributed by atoms with van der Waals surface area (Å²) in [6.45, 7) is 0. The second kappa shape index (κ2) is 5.76. The SMILES string of the molecule is O=C1C(Br)=CCc2cc(CCc3ccccc3)ccc21. The van der Waals surface area contributed by atoms with Gasteiger partial charge in [-0.15, -0.1) is 0 Å². The fourth-order valence-corrected chi connectivity index (χ4v) is 2.92. The van der Waals surface area contributed by atoms with E-state index < -0.39 is 0 Å². The molecule has 0 amide bonds. The molecule has 0 saturated heterocycles. The van der Waals surface area contributed by atoms with Gasteiger partial charge in [-0.25, -0.2) is 0 Å². The quantitative estimate of drug-likeness (QED) is 0.812. The van der Waals surface area contributed by atoms with Gasteiger partial charge in [0.2, 0.25) is 0 Å². The highest BCUT2D eigenvalue weighted by atomic mass is 79.9. The van der Waals surface area contributed by atoms with E-state index in [0.717, 1.165) is 30.4 Å². The van der Waals surface area contributed by atoms with Crippen LogP contribution in [0.15, 0.2) is 59.1 Å². The average molecular weight is 327 g/mol. The van der Waals surface area contributed by atoms with Gasteiger partial charge in [0.15, 0.2) is 5.78 Å². The Morgan fingerprint density at radius 2 is 1.70 bits per heavy atom. The van der Waals surface area contributed by atoms with Gasteiger partial charge in [-0.05, 0) is 51.9 Å². The summed E-state index contributed by atoms with van der Waals surface area (Å²) in [6.07, 6.45) is 4.83. The molecule has 3 rings (SSSR count). The second-order valence-corrected chi connectivity index (χ2v) is 5.92. The molecule has 1 nitrogen and oxygen atoms in total. The number of ketones is 1. The smallest absolute Gasteiger partial charge is 0.199 e. The number of allylic oxidation sites excluding steroid dienone is 2. The van der Waals surface area contributed by atoms with E-state index in [1.54, 1.807) is 0 Å². The Balaban J connectivity index is 1.76. The molecule has 0 aromatic heterocycles. The summed E-state index contributed by atoms with van der Waals surface area (Å²) >= 11 is 3.31. The number of hydrogen-bond acceptors (Lipinski definition) is 1. The lowest BCUT2D eigenvalue weighted by molar-refractivity contribution is 0.104. The molecular weight excluding hydrogens is 312 g/mol. The number of aryl methyl sites for hydroxylation is 2. The van der Waals surface area contributed by atoms with E-state index in [0.29, 0.717) is 4.48 Å². The lowest BCUT2D eigenvalue weighted by Gasteiger charge is -2.14. The van der Waals surface area contributed by atoms with Gasteiger partial charge in [-0.2, -0.15) is 0 Å². The standard InChI is InChI=1S/C18H15BrO/c19-17-11-9-15-12-14(8-10-16(15)18(17)20)7-6-13-4-2-1-3-5-13/h1-5,8,10-12H,6-7,9H2. The molecule has 0 atom stereocenters. The lowest BCUT2D eigenvalue weighted by atomic mass is 9.92. The minimum absolute atomic E-state index is 0.0980. The molecule has 0 heterocycles. The zero-order valence-electron chi connectivity index (χ0n) is 11.1. The third kappa shape index (κ3) is 2.75. The number of Topliss-reactive ketones (excluding diaryl/α,β-unsaturated/α-hetero) is 1. The molecule has 0 unspecified atom stereocenters. The van der Waals surface area contributed by atoms with Crippen LogP contribution in [0.2, 0.25) is 0 Å². The van der Waals surface area contributed by atoms with E-state index in [-0.39, 0.29) is 5.78 Å². The van der Waals surface area contributed by atoms with Crippen LogP contribution >= 0.6 is 15.9 Å². The van der Waals surface area contributed by atoms with Gasteiger partial charge in [0.1, 0.15) is 0 Å². The molecule has 1 aliphatic carbocycles. The van der Waals surface area contributed by atoms with Crippen LogP contribution in [0.3, 0.4) is 0 Å². The molecule has 0 N–H and O–H groups in total. The van der Waals surface area contributed by atoms with E-state index in [1.807, 2.05) is 18.2 Å². The maximum Gasteiger partial charge on any atom is 0.199 e. The molecule has 2 aromatic rings. The molecule has 0 radical (unpaired) electrons. The minimum Gasteiger partial charge on any atom is -0.288 e. The number of fused-ring (bicyclic) bond motifs is 1. The van der Waals surface area contributed by atoms with Crippen LogP contribution in [-0.2, 0) is 19.3 Å². The van der Waals surface area contributed by atoms with Crippen LogP contribution in [0.4, 0.5) is 0 Å². The van der Waals surface area contributed by atoms with Crippen LogP contribution in [0.5, 0.6) is 0 Å². The fourth-order valence-electron chi connectivity index (χ4n) is 2.55. The number of carbonyl (C=O) groups excluding carboxylic acids is 1. The molecule has 2 heteroatoms. The van der Waals surface area contributed by atoms with E-state index in [2.05, 4.69) is 52.3 Å². The first-order valence-corrected chi connectivity index (χ1v) is 7.59. The van der Waals surface area contributed by atoms with Gasteiger partial charge >= 0.3 is 0 Å². The summed E-state index contributed by atoms with van der Waals surface area (Å²) in [4.78, 5) is 12.0. The Morgan fingerprint density at radius 3 is 2.50 bits per heavy atom. The van der Waals surface area contributed by atoms with Crippen molar-refractivity contribution >= 4 is 21.7 Å². The first-order valence-electron chi connectivity index (χ1n) is 6.80. The van der Waals surface area contributed by atoms with Crippen LogP contribution in [-0.4, -0.2) is 5.78 Å². The molecule has 100 valence electrons. The van der Waals surface area contributed by atoms with Gasteiger partial charge in [-0.1, -0.05) is 54.6 Å². The second-order valence-electron chi connectivity index (χ2n) is 5.06. The van der Waals surface area contributed by atoms with E-state index in [1.165, 1.54) is 11.1 Å². The highest BCUT2D eigenvalue weighted by Gasteiger charge is 2.18. The van der Waals surface area contributed by atoms with Crippen LogP contribution in [0.25, 0.3) is 0 Å². The maximum absolute atomic E-state index is 12.0. The topological polar surface area (TPSA) is 17.1 Å². The Kier molecular flexibility index (Phi) is 3.83. The van der Waals surface area contributed by atoms with E-state index in [4.69, 9.17) is 0 Å². The van der Waals surface area contributed by atoms with Crippen molar-refractivity contribution in [3.05, 3.63) is 81.3 Å². The Bertz CT molecular complexity index is 671. The molecule has 0 bridgehead atoms. The first-order chi connectivity index (χ1) is 9.74. The predicted molar refractivity (Wildman–Crippen MR) is 85.3 cm³/mol. The van der Waals surface area contributed by atoms with Gasteiger partial charge in [0, 0.05) is 5.56 Å². The average Bonchev–Trinajstić information content (AvgIpc) is 2.50. The molecule has 1 aliphatic rings. The molecule has 0 saturated carbocycles. The monoisotopic (exact) mass is 326 g/mol. The van der Waals surface area contributed by atoms with Crippen molar-refractivity contribution in [2.75, 3.05) is 0 Å². The maximum atomic E-state index is 12.0. The van der Waals surface area contributed by atoms with Crippen molar-refractivity contribution in [1.82, 2.24) is 0 Å². The summed E-state index contributed by atoms with van der Waals surface area (Å²) in [5.74, 6) is 0.0980. The van der Waals surface area contributed by atoms with Gasteiger partial charge in [0.25, 0.3) is 0 Å². The van der Waals surface area contributed by atoms with Crippen molar-refractivity contribution in [3.8, 4) is 0 Å². The van der Waals surface area contributed by atoms with Crippen molar-refractivity contribution in [2.24, 2.45) is 0 Å². The summed E-state index contributed by atoms with van der Waals surface area (Å²) < 4.78 is 0.682. The number of hydrogen-bond donors (Lipinski definition) is 0. The van der Waals surface area contributed by atoms with Crippen LogP contribution < -0.4 is 0 Å². The highest BCUT2D eigenvalue weighted by Crippen LogP contribution is 2.25. The number of carbonyl (C=O) groups is 1. The van der Waals surface area contributed by atoms with Crippen molar-refractivity contribution in [3.63, 3.8) is 0 Å². The molecule has 0 aliphatic heterocycles. The zero-order chi connectivity index (χ0) is 13.9. The number of halogens is 1. The summed E-state index contributed by atoms with van der Waals surface area (Å²) in [5.41, 5.74) is 4.63. The third-order valence-electron chi connectivity index (χ3n) is 3.68.